The van der Waals surface area contributed by atoms with Gasteiger partial charge in [0.05, 0.1) is 23.1 Å². The van der Waals surface area contributed by atoms with Crippen molar-refractivity contribution in [2.24, 2.45) is 5.92 Å². The van der Waals surface area contributed by atoms with E-state index < -0.39 is 0 Å². The molecular weight excluding hydrogens is 380 g/mol. The number of benzene rings is 1. The summed E-state index contributed by atoms with van der Waals surface area (Å²) >= 11 is 3.39. The summed E-state index contributed by atoms with van der Waals surface area (Å²) in [5.41, 5.74) is 2.64. The van der Waals surface area contributed by atoms with E-state index in [1.54, 1.807) is 6.20 Å². The molecular formula is C19H25BrN4O. The number of hydrogen-bond acceptors (Lipinski definition) is 3. The van der Waals surface area contributed by atoms with Crippen molar-refractivity contribution in [2.45, 2.75) is 26.9 Å². The highest BCUT2D eigenvalue weighted by Crippen LogP contribution is 2.14. The minimum Gasteiger partial charge on any atom is -0.340 e. The molecule has 2 aromatic rings. The number of halogens is 1. The normalized spacial score (nSPS) is 16.8. The standard InChI is InChI=1S/C19H25BrN4O/c1-15-4-3-5-17(10-15)13-22-6-8-23(9-7-22)19(25)16(2)12-24-14-18(20)11-21-24/h3-5,10-11,14,16H,6-9,12-13H2,1-2H3. The Kier molecular flexibility index (Phi) is 5.91. The lowest BCUT2D eigenvalue weighted by Gasteiger charge is -2.36. The number of hydrogen-bond donors (Lipinski definition) is 0. The summed E-state index contributed by atoms with van der Waals surface area (Å²) < 4.78 is 2.76. The number of aryl methyl sites for hydroxylation is 1. The minimum atomic E-state index is -0.0601. The highest BCUT2D eigenvalue weighted by molar-refractivity contribution is 9.10. The van der Waals surface area contributed by atoms with Crippen molar-refractivity contribution >= 4 is 21.8 Å². The molecule has 1 aliphatic heterocycles. The fraction of sp³-hybridized carbons (Fsp3) is 0.474. The van der Waals surface area contributed by atoms with Crippen molar-refractivity contribution in [3.63, 3.8) is 0 Å². The van der Waals surface area contributed by atoms with Gasteiger partial charge in [-0.25, -0.2) is 0 Å². The van der Waals surface area contributed by atoms with Gasteiger partial charge in [0, 0.05) is 38.9 Å². The zero-order chi connectivity index (χ0) is 17.8. The summed E-state index contributed by atoms with van der Waals surface area (Å²) in [7, 11) is 0. The Morgan fingerprint density at radius 1 is 1.28 bits per heavy atom. The van der Waals surface area contributed by atoms with E-state index >= 15 is 0 Å². The quantitative estimate of drug-likeness (QED) is 0.768. The van der Waals surface area contributed by atoms with Crippen LogP contribution in [0, 0.1) is 12.8 Å². The van der Waals surface area contributed by atoms with Crippen LogP contribution in [0.2, 0.25) is 0 Å². The third-order valence-electron chi connectivity index (χ3n) is 4.66. The monoisotopic (exact) mass is 404 g/mol. The highest BCUT2D eigenvalue weighted by Gasteiger charge is 2.25. The number of rotatable bonds is 5. The number of piperazine rings is 1. The number of nitrogens with zero attached hydrogens (tertiary/aromatic N) is 4. The average Bonchev–Trinajstić information content (AvgIpc) is 3.00. The Morgan fingerprint density at radius 2 is 2.04 bits per heavy atom. The summed E-state index contributed by atoms with van der Waals surface area (Å²) in [5.74, 6) is 0.164. The summed E-state index contributed by atoms with van der Waals surface area (Å²) in [4.78, 5) is 17.1. The summed E-state index contributed by atoms with van der Waals surface area (Å²) in [5, 5.41) is 4.24. The van der Waals surface area contributed by atoms with Crippen LogP contribution in [-0.4, -0.2) is 51.7 Å². The van der Waals surface area contributed by atoms with Gasteiger partial charge in [0.2, 0.25) is 5.91 Å². The van der Waals surface area contributed by atoms with Crippen LogP contribution in [0.3, 0.4) is 0 Å². The largest absolute Gasteiger partial charge is 0.340 e. The maximum atomic E-state index is 12.7. The second-order valence-electron chi connectivity index (χ2n) is 6.87. The van der Waals surface area contributed by atoms with Crippen molar-refractivity contribution in [3.8, 4) is 0 Å². The van der Waals surface area contributed by atoms with Crippen LogP contribution in [0.25, 0.3) is 0 Å². The van der Waals surface area contributed by atoms with Crippen molar-refractivity contribution in [2.75, 3.05) is 26.2 Å². The molecule has 1 fully saturated rings. The van der Waals surface area contributed by atoms with Gasteiger partial charge in [-0.15, -0.1) is 0 Å². The minimum absolute atomic E-state index is 0.0601. The van der Waals surface area contributed by atoms with Crippen molar-refractivity contribution < 1.29 is 4.79 Å². The highest BCUT2D eigenvalue weighted by atomic mass is 79.9. The van der Waals surface area contributed by atoms with Crippen LogP contribution in [0.4, 0.5) is 0 Å². The van der Waals surface area contributed by atoms with Crippen LogP contribution < -0.4 is 0 Å². The van der Waals surface area contributed by atoms with E-state index in [-0.39, 0.29) is 11.8 Å². The molecule has 1 aromatic carbocycles. The molecule has 5 nitrogen and oxygen atoms in total. The summed E-state index contributed by atoms with van der Waals surface area (Å²) in [6.45, 7) is 9.15. The van der Waals surface area contributed by atoms with E-state index in [4.69, 9.17) is 0 Å². The molecule has 25 heavy (non-hydrogen) atoms. The van der Waals surface area contributed by atoms with Crippen molar-refractivity contribution in [3.05, 3.63) is 52.3 Å². The average molecular weight is 405 g/mol. The molecule has 2 heterocycles. The van der Waals surface area contributed by atoms with Crippen LogP contribution >= 0.6 is 15.9 Å². The van der Waals surface area contributed by atoms with Gasteiger partial charge in [0.25, 0.3) is 0 Å². The van der Waals surface area contributed by atoms with E-state index in [0.717, 1.165) is 37.2 Å². The molecule has 1 saturated heterocycles. The fourth-order valence-corrected chi connectivity index (χ4v) is 3.63. The molecule has 1 aromatic heterocycles. The Balaban J connectivity index is 1.48. The van der Waals surface area contributed by atoms with E-state index in [1.165, 1.54) is 11.1 Å². The maximum Gasteiger partial charge on any atom is 0.227 e. The zero-order valence-corrected chi connectivity index (χ0v) is 16.4. The third kappa shape index (κ3) is 4.92. The van der Waals surface area contributed by atoms with Gasteiger partial charge in [-0.3, -0.25) is 14.4 Å². The Hall–Kier alpha value is -1.66. The second-order valence-corrected chi connectivity index (χ2v) is 7.79. The summed E-state index contributed by atoms with van der Waals surface area (Å²) in [6, 6.07) is 8.65. The molecule has 134 valence electrons. The van der Waals surface area contributed by atoms with E-state index in [0.29, 0.717) is 6.54 Å². The fourth-order valence-electron chi connectivity index (χ4n) is 3.30. The first-order valence-electron chi connectivity index (χ1n) is 8.76. The molecule has 6 heteroatoms. The molecule has 1 atom stereocenters. The first kappa shape index (κ1) is 18.1. The van der Waals surface area contributed by atoms with Gasteiger partial charge < -0.3 is 4.90 Å². The van der Waals surface area contributed by atoms with Crippen LogP contribution in [0.5, 0.6) is 0 Å². The van der Waals surface area contributed by atoms with E-state index in [1.807, 2.05) is 22.7 Å². The summed E-state index contributed by atoms with van der Waals surface area (Å²) in [6.07, 6.45) is 3.66. The predicted octanol–water partition coefficient (Wildman–Crippen LogP) is 2.93. The van der Waals surface area contributed by atoms with Crippen LogP contribution in [0.1, 0.15) is 18.1 Å². The zero-order valence-electron chi connectivity index (χ0n) is 14.9. The van der Waals surface area contributed by atoms with Crippen LogP contribution in [0.15, 0.2) is 41.1 Å². The number of carbonyl (C=O) groups is 1. The topological polar surface area (TPSA) is 41.4 Å². The van der Waals surface area contributed by atoms with Crippen LogP contribution in [-0.2, 0) is 17.9 Å². The van der Waals surface area contributed by atoms with E-state index in [2.05, 4.69) is 57.1 Å². The lowest BCUT2D eigenvalue weighted by atomic mass is 10.1. The number of amides is 1. The third-order valence-corrected chi connectivity index (χ3v) is 5.07. The first-order valence-corrected chi connectivity index (χ1v) is 9.55. The first-order chi connectivity index (χ1) is 12.0. The van der Waals surface area contributed by atoms with Gasteiger partial charge in [-0.1, -0.05) is 36.8 Å². The van der Waals surface area contributed by atoms with Gasteiger partial charge >= 0.3 is 0 Å². The van der Waals surface area contributed by atoms with Gasteiger partial charge in [-0.2, -0.15) is 5.10 Å². The molecule has 1 amide bonds. The maximum absolute atomic E-state index is 12.7. The predicted molar refractivity (Wildman–Crippen MR) is 102 cm³/mol. The van der Waals surface area contributed by atoms with Crippen molar-refractivity contribution in [1.82, 2.24) is 19.6 Å². The molecule has 0 saturated carbocycles. The molecule has 1 unspecified atom stereocenters. The molecule has 1 aliphatic rings. The lowest BCUT2D eigenvalue weighted by Crippen LogP contribution is -2.50. The lowest BCUT2D eigenvalue weighted by molar-refractivity contribution is -0.137. The Bertz CT molecular complexity index is 722. The van der Waals surface area contributed by atoms with E-state index in [9.17, 15) is 4.79 Å². The van der Waals surface area contributed by atoms with Gasteiger partial charge in [-0.05, 0) is 28.4 Å². The SMILES string of the molecule is Cc1cccc(CN2CCN(C(=O)C(C)Cn3cc(Br)cn3)CC2)c1. The molecule has 0 bridgehead atoms. The number of carbonyl (C=O) groups excluding carboxylic acids is 1. The van der Waals surface area contributed by atoms with Gasteiger partial charge in [0.15, 0.2) is 0 Å². The molecule has 0 aliphatic carbocycles. The molecule has 3 rings (SSSR count). The number of aromatic nitrogens is 2. The second kappa shape index (κ2) is 8.15. The van der Waals surface area contributed by atoms with Crippen molar-refractivity contribution in [1.29, 1.82) is 0 Å². The Morgan fingerprint density at radius 3 is 2.68 bits per heavy atom. The molecule has 0 N–H and O–H groups in total. The Labute approximate surface area is 157 Å². The molecule has 0 spiro atoms. The smallest absolute Gasteiger partial charge is 0.227 e. The van der Waals surface area contributed by atoms with Gasteiger partial charge in [0.1, 0.15) is 0 Å². The molecule has 0 radical (unpaired) electrons.